The molecular formula is C20H23ClN2O3S. The van der Waals surface area contributed by atoms with Gasteiger partial charge in [0, 0.05) is 23.2 Å². The van der Waals surface area contributed by atoms with Gasteiger partial charge < -0.3 is 5.32 Å². The molecule has 0 bridgehead atoms. The monoisotopic (exact) mass is 406 g/mol. The van der Waals surface area contributed by atoms with E-state index in [1.165, 1.54) is 12.1 Å². The molecule has 1 amide bonds. The van der Waals surface area contributed by atoms with Gasteiger partial charge in [-0.3, -0.25) is 4.79 Å². The Morgan fingerprint density at radius 2 is 1.70 bits per heavy atom. The molecule has 7 heteroatoms. The van der Waals surface area contributed by atoms with Gasteiger partial charge in [0.2, 0.25) is 15.9 Å². The van der Waals surface area contributed by atoms with Crippen LogP contribution >= 0.6 is 11.6 Å². The van der Waals surface area contributed by atoms with Crippen LogP contribution in [0, 0.1) is 0 Å². The molecule has 27 heavy (non-hydrogen) atoms. The van der Waals surface area contributed by atoms with Gasteiger partial charge in [0.1, 0.15) is 0 Å². The number of benzene rings is 2. The summed E-state index contributed by atoms with van der Waals surface area (Å²) in [6, 6.07) is 13.7. The molecular weight excluding hydrogens is 384 g/mol. The fourth-order valence-electron chi connectivity index (χ4n) is 2.36. The third kappa shape index (κ3) is 6.82. The zero-order valence-electron chi connectivity index (χ0n) is 15.5. The Hall–Kier alpha value is -2.15. The van der Waals surface area contributed by atoms with Crippen molar-refractivity contribution in [3.05, 3.63) is 70.8 Å². The summed E-state index contributed by atoms with van der Waals surface area (Å²) >= 11 is 5.83. The van der Waals surface area contributed by atoms with E-state index in [0.29, 0.717) is 10.6 Å². The predicted octanol–water partition coefficient (Wildman–Crippen LogP) is 3.75. The minimum atomic E-state index is -3.69. The molecule has 0 heterocycles. The molecule has 0 aromatic heterocycles. The molecule has 0 aliphatic heterocycles. The van der Waals surface area contributed by atoms with Gasteiger partial charge in [-0.05, 0) is 56.2 Å². The Morgan fingerprint density at radius 1 is 1.07 bits per heavy atom. The quantitative estimate of drug-likeness (QED) is 0.717. The first-order chi connectivity index (χ1) is 12.6. The Labute approximate surface area is 165 Å². The van der Waals surface area contributed by atoms with E-state index in [4.69, 9.17) is 11.6 Å². The van der Waals surface area contributed by atoms with Gasteiger partial charge in [-0.25, -0.2) is 13.1 Å². The van der Waals surface area contributed by atoms with Crippen LogP contribution in [0.15, 0.2) is 59.5 Å². The number of halogens is 1. The standard InChI is InChI=1S/C20H23ClN2O3S/c1-20(2,3)23-27(25,26)18-7-5-4-6-16(18)14-22-19(24)13-10-15-8-11-17(21)12-9-15/h4-13,23H,14H2,1-3H3,(H,22,24). The van der Waals surface area contributed by atoms with Crippen LogP contribution in [0.3, 0.4) is 0 Å². The van der Waals surface area contributed by atoms with Gasteiger partial charge >= 0.3 is 0 Å². The van der Waals surface area contributed by atoms with Crippen molar-refractivity contribution in [2.75, 3.05) is 0 Å². The topological polar surface area (TPSA) is 75.3 Å². The normalized spacial score (nSPS) is 12.3. The Bertz CT molecular complexity index is 930. The Kier molecular flexibility index (Phi) is 6.81. The summed E-state index contributed by atoms with van der Waals surface area (Å²) in [4.78, 5) is 12.2. The van der Waals surface area contributed by atoms with E-state index < -0.39 is 15.6 Å². The lowest BCUT2D eigenvalue weighted by Crippen LogP contribution is -2.41. The fourth-order valence-corrected chi connectivity index (χ4v) is 4.14. The van der Waals surface area contributed by atoms with E-state index >= 15 is 0 Å². The fraction of sp³-hybridized carbons (Fsp3) is 0.250. The van der Waals surface area contributed by atoms with Crippen LogP contribution in [0.4, 0.5) is 0 Å². The second kappa shape index (κ2) is 8.69. The molecule has 144 valence electrons. The summed E-state index contributed by atoms with van der Waals surface area (Å²) in [5.74, 6) is -0.319. The third-order valence-corrected chi connectivity index (χ3v) is 5.56. The van der Waals surface area contributed by atoms with Crippen molar-refractivity contribution in [2.24, 2.45) is 0 Å². The van der Waals surface area contributed by atoms with Gasteiger partial charge in [-0.1, -0.05) is 41.9 Å². The molecule has 5 nitrogen and oxygen atoms in total. The van der Waals surface area contributed by atoms with E-state index in [0.717, 1.165) is 5.56 Å². The molecule has 2 aromatic carbocycles. The smallest absolute Gasteiger partial charge is 0.244 e. The number of carbonyl (C=O) groups is 1. The SMILES string of the molecule is CC(C)(C)NS(=O)(=O)c1ccccc1CNC(=O)C=Cc1ccc(Cl)cc1. The van der Waals surface area contributed by atoms with Crippen LogP contribution < -0.4 is 10.0 Å². The number of sulfonamides is 1. The average molecular weight is 407 g/mol. The van der Waals surface area contributed by atoms with Gasteiger partial charge in [-0.2, -0.15) is 0 Å². The zero-order chi connectivity index (χ0) is 20.1. The molecule has 2 rings (SSSR count). The molecule has 0 unspecified atom stereocenters. The lowest BCUT2D eigenvalue weighted by Gasteiger charge is -2.21. The Morgan fingerprint density at radius 3 is 2.33 bits per heavy atom. The number of carbonyl (C=O) groups excluding carboxylic acids is 1. The van der Waals surface area contributed by atoms with E-state index in [2.05, 4.69) is 10.0 Å². The van der Waals surface area contributed by atoms with Crippen molar-refractivity contribution < 1.29 is 13.2 Å². The first kappa shape index (κ1) is 21.2. The van der Waals surface area contributed by atoms with E-state index in [1.807, 2.05) is 0 Å². The van der Waals surface area contributed by atoms with Crippen LogP contribution in [-0.2, 0) is 21.4 Å². The van der Waals surface area contributed by atoms with E-state index in [9.17, 15) is 13.2 Å². The van der Waals surface area contributed by atoms with Crippen LogP contribution in [0.25, 0.3) is 6.08 Å². The minimum Gasteiger partial charge on any atom is -0.348 e. The summed E-state index contributed by atoms with van der Waals surface area (Å²) in [6.07, 6.45) is 3.06. The van der Waals surface area contributed by atoms with Crippen LogP contribution in [0.2, 0.25) is 5.02 Å². The van der Waals surface area contributed by atoms with Crippen molar-refractivity contribution in [1.29, 1.82) is 0 Å². The number of nitrogens with one attached hydrogen (secondary N) is 2. The maximum Gasteiger partial charge on any atom is 0.244 e. The number of rotatable bonds is 6. The molecule has 0 atom stereocenters. The van der Waals surface area contributed by atoms with Crippen molar-refractivity contribution >= 4 is 33.6 Å². The first-order valence-corrected chi connectivity index (χ1v) is 10.3. The molecule has 0 saturated carbocycles. The van der Waals surface area contributed by atoms with Gasteiger partial charge in [0.25, 0.3) is 0 Å². The predicted molar refractivity (Wildman–Crippen MR) is 109 cm³/mol. The van der Waals surface area contributed by atoms with Crippen LogP contribution in [0.1, 0.15) is 31.9 Å². The largest absolute Gasteiger partial charge is 0.348 e. The average Bonchev–Trinajstić information content (AvgIpc) is 2.57. The highest BCUT2D eigenvalue weighted by Gasteiger charge is 2.24. The highest BCUT2D eigenvalue weighted by atomic mass is 35.5. The number of hydrogen-bond donors (Lipinski definition) is 2. The maximum atomic E-state index is 12.6. The summed E-state index contributed by atoms with van der Waals surface area (Å²) in [7, 11) is -3.69. The molecule has 0 aliphatic carbocycles. The van der Waals surface area contributed by atoms with Crippen molar-refractivity contribution in [2.45, 2.75) is 37.8 Å². The second-order valence-electron chi connectivity index (χ2n) is 7.07. The summed E-state index contributed by atoms with van der Waals surface area (Å²) in [6.45, 7) is 5.43. The highest BCUT2D eigenvalue weighted by Crippen LogP contribution is 2.18. The molecule has 2 N–H and O–H groups in total. The van der Waals surface area contributed by atoms with Crippen molar-refractivity contribution in [1.82, 2.24) is 10.0 Å². The van der Waals surface area contributed by atoms with Gasteiger partial charge in [0.15, 0.2) is 0 Å². The van der Waals surface area contributed by atoms with Crippen molar-refractivity contribution in [3.8, 4) is 0 Å². The zero-order valence-corrected chi connectivity index (χ0v) is 17.1. The summed E-state index contributed by atoms with van der Waals surface area (Å²) < 4.78 is 27.8. The van der Waals surface area contributed by atoms with Gasteiger partial charge in [0.05, 0.1) is 4.90 Å². The van der Waals surface area contributed by atoms with Gasteiger partial charge in [-0.15, -0.1) is 0 Å². The van der Waals surface area contributed by atoms with E-state index in [-0.39, 0.29) is 17.3 Å². The Balaban J connectivity index is 2.08. The molecule has 0 spiro atoms. The second-order valence-corrected chi connectivity index (χ2v) is 9.15. The first-order valence-electron chi connectivity index (χ1n) is 8.40. The molecule has 2 aromatic rings. The molecule has 0 saturated heterocycles. The van der Waals surface area contributed by atoms with Crippen molar-refractivity contribution in [3.63, 3.8) is 0 Å². The summed E-state index contributed by atoms with van der Waals surface area (Å²) in [5, 5.41) is 3.34. The van der Waals surface area contributed by atoms with Crippen LogP contribution in [0.5, 0.6) is 0 Å². The molecule has 0 radical (unpaired) electrons. The van der Waals surface area contributed by atoms with Crippen LogP contribution in [-0.4, -0.2) is 19.9 Å². The summed E-state index contributed by atoms with van der Waals surface area (Å²) in [5.41, 5.74) is 0.755. The van der Waals surface area contributed by atoms with E-state index in [1.54, 1.807) is 69.3 Å². The lowest BCUT2D eigenvalue weighted by molar-refractivity contribution is -0.116. The number of hydrogen-bond acceptors (Lipinski definition) is 3. The minimum absolute atomic E-state index is 0.102. The maximum absolute atomic E-state index is 12.6. The molecule has 0 fully saturated rings. The molecule has 0 aliphatic rings. The highest BCUT2D eigenvalue weighted by molar-refractivity contribution is 7.89. The number of amides is 1. The lowest BCUT2D eigenvalue weighted by atomic mass is 10.1. The third-order valence-electron chi connectivity index (χ3n) is 3.45.